The fourth-order valence-corrected chi connectivity index (χ4v) is 3.39. The largest absolute Gasteiger partial charge is 0.293 e. The van der Waals surface area contributed by atoms with Gasteiger partial charge in [0.1, 0.15) is 0 Å². The molecule has 1 aliphatic rings. The molecule has 2 aromatic rings. The molecule has 0 atom stereocenters. The number of carbonyl (C=O) groups excluding carboxylic acids is 2. The average Bonchev–Trinajstić information content (AvgIpc) is 2.74. The van der Waals surface area contributed by atoms with Crippen LogP contribution in [0.15, 0.2) is 47.4 Å². The monoisotopic (exact) mass is 297 g/mol. The van der Waals surface area contributed by atoms with Crippen LogP contribution in [-0.4, -0.2) is 22.1 Å². The standard InChI is InChI=1S/C17H15NO2S/c1-11(2)18-16(19)15(21-17(18)20)10-13-8-5-7-12-6-3-4-9-14(12)13/h3-11H,1-2H3/b15-10-. The molecule has 0 radical (unpaired) electrons. The highest BCUT2D eigenvalue weighted by atomic mass is 32.2. The van der Waals surface area contributed by atoms with Gasteiger partial charge >= 0.3 is 0 Å². The summed E-state index contributed by atoms with van der Waals surface area (Å²) in [7, 11) is 0. The van der Waals surface area contributed by atoms with Crippen molar-refractivity contribution in [3.05, 3.63) is 52.9 Å². The van der Waals surface area contributed by atoms with Crippen LogP contribution >= 0.6 is 11.8 Å². The number of carbonyl (C=O) groups is 2. The Hall–Kier alpha value is -2.07. The summed E-state index contributed by atoms with van der Waals surface area (Å²) >= 11 is 1.01. The van der Waals surface area contributed by atoms with Gasteiger partial charge in [-0.2, -0.15) is 0 Å². The van der Waals surface area contributed by atoms with Crippen molar-refractivity contribution in [1.82, 2.24) is 4.90 Å². The van der Waals surface area contributed by atoms with Gasteiger partial charge in [0.05, 0.1) is 4.91 Å². The highest BCUT2D eigenvalue weighted by Gasteiger charge is 2.36. The number of thioether (sulfide) groups is 1. The van der Waals surface area contributed by atoms with Crippen molar-refractivity contribution in [2.45, 2.75) is 19.9 Å². The Morgan fingerprint density at radius 1 is 1.05 bits per heavy atom. The second-order valence-electron chi connectivity index (χ2n) is 5.21. The molecule has 1 heterocycles. The van der Waals surface area contributed by atoms with Gasteiger partial charge in [0.2, 0.25) is 0 Å². The molecule has 3 rings (SSSR count). The van der Waals surface area contributed by atoms with E-state index >= 15 is 0 Å². The van der Waals surface area contributed by atoms with E-state index in [1.807, 2.05) is 62.4 Å². The SMILES string of the molecule is CC(C)N1C(=O)S/C(=C\c2cccc3ccccc23)C1=O. The Morgan fingerprint density at radius 2 is 1.76 bits per heavy atom. The van der Waals surface area contributed by atoms with Crippen LogP contribution in [0.2, 0.25) is 0 Å². The Bertz CT molecular complexity index is 759. The molecule has 1 fully saturated rings. The first-order valence-electron chi connectivity index (χ1n) is 6.83. The van der Waals surface area contributed by atoms with Crippen molar-refractivity contribution < 1.29 is 9.59 Å². The summed E-state index contributed by atoms with van der Waals surface area (Å²) in [6.07, 6.45) is 1.82. The first kappa shape index (κ1) is 13.9. The third kappa shape index (κ3) is 2.47. The molecule has 0 aliphatic carbocycles. The summed E-state index contributed by atoms with van der Waals surface area (Å²) < 4.78 is 0. The van der Waals surface area contributed by atoms with E-state index in [0.29, 0.717) is 4.91 Å². The van der Waals surface area contributed by atoms with E-state index in [1.54, 1.807) is 0 Å². The van der Waals surface area contributed by atoms with Crippen LogP contribution in [0.1, 0.15) is 19.4 Å². The molecule has 2 aromatic carbocycles. The van der Waals surface area contributed by atoms with Crippen LogP contribution in [0.25, 0.3) is 16.8 Å². The summed E-state index contributed by atoms with van der Waals surface area (Å²) in [5.74, 6) is -0.201. The smallest absolute Gasteiger partial charge is 0.268 e. The number of rotatable bonds is 2. The van der Waals surface area contributed by atoms with Crippen LogP contribution in [0.4, 0.5) is 4.79 Å². The lowest BCUT2D eigenvalue weighted by atomic mass is 10.0. The van der Waals surface area contributed by atoms with Crippen molar-refractivity contribution in [2.24, 2.45) is 0 Å². The highest BCUT2D eigenvalue weighted by molar-refractivity contribution is 8.18. The number of hydrogen-bond acceptors (Lipinski definition) is 3. The molecule has 106 valence electrons. The molecule has 0 aromatic heterocycles. The van der Waals surface area contributed by atoms with E-state index in [0.717, 1.165) is 28.1 Å². The molecule has 1 aliphatic heterocycles. The lowest BCUT2D eigenvalue weighted by Gasteiger charge is -2.16. The van der Waals surface area contributed by atoms with Crippen molar-refractivity contribution in [2.75, 3.05) is 0 Å². The van der Waals surface area contributed by atoms with E-state index < -0.39 is 0 Å². The first-order chi connectivity index (χ1) is 10.1. The topological polar surface area (TPSA) is 37.4 Å². The lowest BCUT2D eigenvalue weighted by molar-refractivity contribution is -0.123. The molecular formula is C17H15NO2S. The first-order valence-corrected chi connectivity index (χ1v) is 7.64. The van der Waals surface area contributed by atoms with E-state index in [1.165, 1.54) is 4.90 Å². The van der Waals surface area contributed by atoms with Gasteiger partial charge in [-0.1, -0.05) is 42.5 Å². The average molecular weight is 297 g/mol. The van der Waals surface area contributed by atoms with Crippen LogP contribution in [0.3, 0.4) is 0 Å². The van der Waals surface area contributed by atoms with Gasteiger partial charge in [-0.05, 0) is 48.0 Å². The molecule has 4 heteroatoms. The van der Waals surface area contributed by atoms with E-state index in [4.69, 9.17) is 0 Å². The maximum Gasteiger partial charge on any atom is 0.293 e. The van der Waals surface area contributed by atoms with E-state index in [2.05, 4.69) is 0 Å². The number of benzene rings is 2. The van der Waals surface area contributed by atoms with Crippen molar-refractivity contribution in [3.8, 4) is 0 Å². The van der Waals surface area contributed by atoms with Gasteiger partial charge in [0.25, 0.3) is 11.1 Å². The van der Waals surface area contributed by atoms with E-state index in [9.17, 15) is 9.59 Å². The Kier molecular flexibility index (Phi) is 3.55. The molecule has 0 saturated carbocycles. The van der Waals surface area contributed by atoms with Crippen molar-refractivity contribution in [3.63, 3.8) is 0 Å². The molecule has 0 spiro atoms. The number of amides is 2. The number of hydrogen-bond donors (Lipinski definition) is 0. The third-order valence-corrected chi connectivity index (χ3v) is 4.33. The summed E-state index contributed by atoms with van der Waals surface area (Å²) in [6, 6.07) is 13.9. The third-order valence-electron chi connectivity index (χ3n) is 3.45. The minimum absolute atomic E-state index is 0.115. The zero-order valence-electron chi connectivity index (χ0n) is 11.9. The number of nitrogens with zero attached hydrogens (tertiary/aromatic N) is 1. The Balaban J connectivity index is 2.06. The molecule has 0 N–H and O–H groups in total. The summed E-state index contributed by atoms with van der Waals surface area (Å²) in [5.41, 5.74) is 0.961. The minimum atomic E-state index is -0.201. The maximum atomic E-state index is 12.3. The van der Waals surface area contributed by atoms with Crippen LogP contribution < -0.4 is 0 Å². The minimum Gasteiger partial charge on any atom is -0.268 e. The maximum absolute atomic E-state index is 12.3. The van der Waals surface area contributed by atoms with E-state index in [-0.39, 0.29) is 17.2 Å². The van der Waals surface area contributed by atoms with Gasteiger partial charge in [0.15, 0.2) is 0 Å². The normalized spacial score (nSPS) is 17.5. The predicted molar refractivity (Wildman–Crippen MR) is 86.9 cm³/mol. The van der Waals surface area contributed by atoms with Gasteiger partial charge < -0.3 is 0 Å². The summed E-state index contributed by atoms with van der Waals surface area (Å²) in [5, 5.41) is 2.01. The van der Waals surface area contributed by atoms with Gasteiger partial charge in [-0.25, -0.2) is 0 Å². The summed E-state index contributed by atoms with van der Waals surface area (Å²) in [4.78, 5) is 26.0. The number of fused-ring (bicyclic) bond motifs is 1. The Labute approximate surface area is 127 Å². The molecule has 1 saturated heterocycles. The fraction of sp³-hybridized carbons (Fsp3) is 0.176. The molecule has 3 nitrogen and oxygen atoms in total. The van der Waals surface area contributed by atoms with Crippen LogP contribution in [0.5, 0.6) is 0 Å². The zero-order valence-corrected chi connectivity index (χ0v) is 12.7. The molecule has 0 unspecified atom stereocenters. The van der Waals surface area contributed by atoms with Crippen molar-refractivity contribution in [1.29, 1.82) is 0 Å². The second kappa shape index (κ2) is 5.37. The molecule has 0 bridgehead atoms. The molecular weight excluding hydrogens is 282 g/mol. The highest BCUT2D eigenvalue weighted by Crippen LogP contribution is 2.34. The fourth-order valence-electron chi connectivity index (χ4n) is 2.44. The second-order valence-corrected chi connectivity index (χ2v) is 6.21. The Morgan fingerprint density at radius 3 is 2.48 bits per heavy atom. The van der Waals surface area contributed by atoms with Gasteiger partial charge in [-0.3, -0.25) is 14.5 Å². The lowest BCUT2D eigenvalue weighted by Crippen LogP contribution is -2.34. The predicted octanol–water partition coefficient (Wildman–Crippen LogP) is 4.28. The zero-order chi connectivity index (χ0) is 15.0. The van der Waals surface area contributed by atoms with Crippen LogP contribution in [-0.2, 0) is 4.79 Å². The van der Waals surface area contributed by atoms with Crippen LogP contribution in [0, 0.1) is 0 Å². The molecule has 21 heavy (non-hydrogen) atoms. The number of imide groups is 1. The quantitative estimate of drug-likeness (QED) is 0.776. The van der Waals surface area contributed by atoms with Crippen molar-refractivity contribution >= 4 is 39.8 Å². The molecule has 2 amide bonds. The van der Waals surface area contributed by atoms with Gasteiger partial charge in [-0.15, -0.1) is 0 Å². The summed E-state index contributed by atoms with van der Waals surface area (Å²) in [6.45, 7) is 3.69. The van der Waals surface area contributed by atoms with Gasteiger partial charge in [0, 0.05) is 6.04 Å².